The Morgan fingerprint density at radius 1 is 0.632 bits per heavy atom. The van der Waals surface area contributed by atoms with E-state index >= 15 is 0 Å². The van der Waals surface area contributed by atoms with Crippen molar-refractivity contribution in [3.63, 3.8) is 0 Å². The molecule has 0 spiro atoms. The van der Waals surface area contributed by atoms with Crippen molar-refractivity contribution in [2.75, 3.05) is 14.2 Å². The van der Waals surface area contributed by atoms with E-state index in [9.17, 15) is 19.8 Å². The van der Waals surface area contributed by atoms with Gasteiger partial charge < -0.3 is 19.7 Å². The van der Waals surface area contributed by atoms with Crippen LogP contribution in [0.2, 0.25) is 0 Å². The molecule has 0 aromatic heterocycles. The monoisotopic (exact) mass is 510 g/mol. The van der Waals surface area contributed by atoms with Gasteiger partial charge in [0.15, 0.2) is 0 Å². The third-order valence-electron chi connectivity index (χ3n) is 5.41. The number of methoxy groups -OCH3 is 2. The molecule has 0 amide bonds. The second kappa shape index (κ2) is 11.6. The summed E-state index contributed by atoms with van der Waals surface area (Å²) in [5.74, 6) is -1.90. The molecule has 0 aliphatic carbocycles. The zero-order chi connectivity index (χ0) is 27.1. The minimum atomic E-state index is -0.709. The number of benzene rings is 4. The van der Waals surface area contributed by atoms with Gasteiger partial charge in [0.2, 0.25) is 0 Å². The third kappa shape index (κ3) is 5.71. The standard InChI is InChI=1S/C28H22N4O6/c1-37-27(35)21-15-18(11-13-24(21)33)29-31-23-10-6-9-20(17-7-4-3-5-8-17)26(23)32-30-19-12-14-25(34)22(16-19)28(36)38-2/h3-16,33-34H,1-2H3. The van der Waals surface area contributed by atoms with Crippen molar-refractivity contribution in [1.29, 1.82) is 0 Å². The molecule has 0 aliphatic heterocycles. The van der Waals surface area contributed by atoms with Crippen molar-refractivity contribution in [2.45, 2.75) is 0 Å². The Balaban J connectivity index is 1.78. The summed E-state index contributed by atoms with van der Waals surface area (Å²) in [6.45, 7) is 0. The van der Waals surface area contributed by atoms with E-state index in [0.29, 0.717) is 22.7 Å². The van der Waals surface area contributed by atoms with Crippen LogP contribution in [-0.2, 0) is 9.47 Å². The first-order chi connectivity index (χ1) is 18.4. The number of rotatable bonds is 7. The zero-order valence-electron chi connectivity index (χ0n) is 20.4. The van der Waals surface area contributed by atoms with Gasteiger partial charge in [0.1, 0.15) is 34.0 Å². The molecule has 0 saturated heterocycles. The molecule has 0 aliphatic rings. The van der Waals surface area contributed by atoms with Gasteiger partial charge in [-0.05, 0) is 48.0 Å². The largest absolute Gasteiger partial charge is 0.507 e. The van der Waals surface area contributed by atoms with Gasteiger partial charge in [0.25, 0.3) is 0 Å². The SMILES string of the molecule is COC(=O)c1cc(N=Nc2cccc(-c3ccccc3)c2N=Nc2ccc(O)c(C(=O)OC)c2)ccc1O. The number of ether oxygens (including phenoxy) is 2. The minimum Gasteiger partial charge on any atom is -0.507 e. The first-order valence-corrected chi connectivity index (χ1v) is 11.3. The lowest BCUT2D eigenvalue weighted by Crippen LogP contribution is -2.00. The molecule has 4 aromatic carbocycles. The molecule has 0 fully saturated rings. The summed E-state index contributed by atoms with van der Waals surface area (Å²) in [5, 5.41) is 37.2. The van der Waals surface area contributed by atoms with Crippen LogP contribution in [0.25, 0.3) is 11.1 Å². The molecule has 4 rings (SSSR count). The summed E-state index contributed by atoms with van der Waals surface area (Å²) in [7, 11) is 2.43. The van der Waals surface area contributed by atoms with E-state index in [1.807, 2.05) is 36.4 Å². The van der Waals surface area contributed by atoms with Crippen molar-refractivity contribution in [1.82, 2.24) is 0 Å². The minimum absolute atomic E-state index is 0.0457. The quantitative estimate of drug-likeness (QED) is 0.199. The van der Waals surface area contributed by atoms with Gasteiger partial charge in [0, 0.05) is 5.56 Å². The molecule has 0 bridgehead atoms. The van der Waals surface area contributed by atoms with Crippen LogP contribution in [-0.4, -0.2) is 36.4 Å². The highest BCUT2D eigenvalue weighted by molar-refractivity contribution is 5.94. The van der Waals surface area contributed by atoms with E-state index in [1.165, 1.54) is 50.6 Å². The summed E-state index contributed by atoms with van der Waals surface area (Å²) in [5.41, 5.74) is 2.85. The number of aromatic hydroxyl groups is 2. The van der Waals surface area contributed by atoms with E-state index in [-0.39, 0.29) is 22.6 Å². The Morgan fingerprint density at radius 3 is 1.74 bits per heavy atom. The third-order valence-corrected chi connectivity index (χ3v) is 5.41. The first-order valence-electron chi connectivity index (χ1n) is 11.3. The maximum absolute atomic E-state index is 12.0. The van der Waals surface area contributed by atoms with Gasteiger partial charge >= 0.3 is 11.9 Å². The van der Waals surface area contributed by atoms with Crippen LogP contribution in [0, 0.1) is 0 Å². The second-order valence-electron chi connectivity index (χ2n) is 7.83. The van der Waals surface area contributed by atoms with E-state index in [0.717, 1.165) is 11.1 Å². The average Bonchev–Trinajstić information content (AvgIpc) is 2.96. The predicted octanol–water partition coefficient (Wildman–Crippen LogP) is 7.17. The molecule has 4 aromatic rings. The van der Waals surface area contributed by atoms with Crippen molar-refractivity contribution in [3.05, 3.63) is 96.1 Å². The van der Waals surface area contributed by atoms with Crippen molar-refractivity contribution >= 4 is 34.7 Å². The fourth-order valence-electron chi connectivity index (χ4n) is 3.51. The number of nitrogens with zero attached hydrogens (tertiary/aromatic N) is 4. The summed E-state index contributed by atoms with van der Waals surface area (Å²) in [4.78, 5) is 23.9. The van der Waals surface area contributed by atoms with Gasteiger partial charge in [-0.25, -0.2) is 9.59 Å². The molecule has 190 valence electrons. The molecular formula is C28H22N4O6. The van der Waals surface area contributed by atoms with Crippen LogP contribution in [0.1, 0.15) is 20.7 Å². The molecule has 0 saturated carbocycles. The van der Waals surface area contributed by atoms with Gasteiger partial charge in [-0.15, -0.1) is 10.2 Å². The lowest BCUT2D eigenvalue weighted by atomic mass is 10.0. The van der Waals surface area contributed by atoms with Crippen molar-refractivity contribution in [2.24, 2.45) is 20.5 Å². The molecule has 10 heteroatoms. The van der Waals surface area contributed by atoms with Crippen molar-refractivity contribution < 1.29 is 29.3 Å². The predicted molar refractivity (Wildman–Crippen MR) is 139 cm³/mol. The first kappa shape index (κ1) is 25.7. The summed E-state index contributed by atoms with van der Waals surface area (Å²) < 4.78 is 9.39. The Bertz CT molecular complexity index is 1550. The van der Waals surface area contributed by atoms with Crippen LogP contribution in [0.3, 0.4) is 0 Å². The Labute approximate surface area is 217 Å². The van der Waals surface area contributed by atoms with E-state index in [1.54, 1.807) is 12.1 Å². The van der Waals surface area contributed by atoms with Gasteiger partial charge in [-0.3, -0.25) is 0 Å². The van der Waals surface area contributed by atoms with E-state index in [2.05, 4.69) is 25.2 Å². The maximum Gasteiger partial charge on any atom is 0.341 e. The number of phenolic OH excluding ortho intramolecular Hbond substituents is 2. The van der Waals surface area contributed by atoms with E-state index < -0.39 is 11.9 Å². The van der Waals surface area contributed by atoms with Crippen molar-refractivity contribution in [3.8, 4) is 22.6 Å². The Kier molecular flexibility index (Phi) is 7.83. The number of esters is 2. The van der Waals surface area contributed by atoms with Crippen LogP contribution in [0.5, 0.6) is 11.5 Å². The lowest BCUT2D eigenvalue weighted by molar-refractivity contribution is 0.0588. The molecule has 0 radical (unpaired) electrons. The number of hydrogen-bond donors (Lipinski definition) is 2. The number of phenols is 2. The van der Waals surface area contributed by atoms with Gasteiger partial charge in [-0.1, -0.05) is 42.5 Å². The smallest absolute Gasteiger partial charge is 0.341 e. The number of azo groups is 2. The van der Waals surface area contributed by atoms with Crippen LogP contribution in [0.15, 0.2) is 105 Å². The Hall–Kier alpha value is -5.38. The highest BCUT2D eigenvalue weighted by Gasteiger charge is 2.15. The topological polar surface area (TPSA) is 142 Å². The summed E-state index contributed by atoms with van der Waals surface area (Å²) >= 11 is 0. The fourth-order valence-corrected chi connectivity index (χ4v) is 3.51. The molecular weight excluding hydrogens is 488 g/mol. The highest BCUT2D eigenvalue weighted by atomic mass is 16.5. The molecule has 0 unspecified atom stereocenters. The second-order valence-corrected chi connectivity index (χ2v) is 7.83. The van der Waals surface area contributed by atoms with E-state index in [4.69, 9.17) is 4.74 Å². The highest BCUT2D eigenvalue weighted by Crippen LogP contribution is 2.40. The molecule has 10 nitrogen and oxygen atoms in total. The molecule has 0 atom stereocenters. The molecule has 38 heavy (non-hydrogen) atoms. The number of carbonyl (C=O) groups excluding carboxylic acids is 2. The maximum atomic E-state index is 12.0. The molecule has 2 N–H and O–H groups in total. The lowest BCUT2D eigenvalue weighted by Gasteiger charge is -2.08. The fraction of sp³-hybridized carbons (Fsp3) is 0.0714. The molecule has 0 heterocycles. The van der Waals surface area contributed by atoms with Gasteiger partial charge in [-0.2, -0.15) is 10.2 Å². The summed E-state index contributed by atoms with van der Waals surface area (Å²) in [6.07, 6.45) is 0. The van der Waals surface area contributed by atoms with Crippen LogP contribution >= 0.6 is 0 Å². The average molecular weight is 511 g/mol. The normalized spacial score (nSPS) is 11.1. The van der Waals surface area contributed by atoms with Gasteiger partial charge in [0.05, 0.1) is 25.6 Å². The summed E-state index contributed by atoms with van der Waals surface area (Å²) in [6, 6.07) is 23.2. The van der Waals surface area contributed by atoms with Crippen LogP contribution in [0.4, 0.5) is 22.7 Å². The number of carbonyl (C=O) groups is 2. The van der Waals surface area contributed by atoms with Crippen LogP contribution < -0.4 is 0 Å². The Morgan fingerprint density at radius 2 is 1.18 bits per heavy atom. The number of hydrogen-bond acceptors (Lipinski definition) is 10. The zero-order valence-corrected chi connectivity index (χ0v) is 20.4.